The Morgan fingerprint density at radius 1 is 1.64 bits per heavy atom. The molecule has 62 valence electrons. The quantitative estimate of drug-likeness (QED) is 0.652. The Labute approximate surface area is 66.1 Å². The van der Waals surface area contributed by atoms with E-state index in [1.54, 1.807) is 4.68 Å². The van der Waals surface area contributed by atoms with Crippen LogP contribution >= 0.6 is 0 Å². The molecule has 0 spiro atoms. The monoisotopic (exact) mass is 155 g/mol. The van der Waals surface area contributed by atoms with Crippen LogP contribution in [0.1, 0.15) is 5.69 Å². The lowest BCUT2D eigenvalue weighted by molar-refractivity contribution is 0.270. The number of rotatable bonds is 2. The fourth-order valence-corrected chi connectivity index (χ4v) is 0.856. The van der Waals surface area contributed by atoms with Crippen molar-refractivity contribution in [2.24, 2.45) is 7.05 Å². The fourth-order valence-electron chi connectivity index (χ4n) is 0.856. The van der Waals surface area contributed by atoms with Gasteiger partial charge >= 0.3 is 0 Å². The van der Waals surface area contributed by atoms with E-state index in [0.717, 1.165) is 11.5 Å². The molecular weight excluding hydrogens is 142 g/mol. The molecule has 0 aliphatic carbocycles. The van der Waals surface area contributed by atoms with Crippen molar-refractivity contribution in [3.63, 3.8) is 0 Å². The minimum Gasteiger partial charge on any atom is -0.390 e. The molecule has 0 aromatic carbocycles. The zero-order valence-corrected chi connectivity index (χ0v) is 7.07. The maximum atomic E-state index is 8.83. The summed E-state index contributed by atoms with van der Waals surface area (Å²) < 4.78 is 1.68. The fraction of sp³-hybridized carbons (Fsp3) is 0.571. The van der Waals surface area contributed by atoms with Crippen LogP contribution in [0.4, 0.5) is 5.82 Å². The molecule has 4 heteroatoms. The van der Waals surface area contributed by atoms with Crippen LogP contribution in [-0.4, -0.2) is 29.0 Å². The van der Waals surface area contributed by atoms with Crippen molar-refractivity contribution in [2.45, 2.75) is 6.61 Å². The van der Waals surface area contributed by atoms with Gasteiger partial charge in [0.05, 0.1) is 12.3 Å². The molecule has 0 atom stereocenters. The standard InChI is InChI=1S/C7H13N3O/c1-9(2)7-4-6(5-11)10(3)8-7/h4,11H,5H2,1-3H3. The summed E-state index contributed by atoms with van der Waals surface area (Å²) >= 11 is 0. The second-order valence-corrected chi connectivity index (χ2v) is 2.67. The van der Waals surface area contributed by atoms with E-state index in [1.807, 2.05) is 32.1 Å². The van der Waals surface area contributed by atoms with Gasteiger partial charge in [-0.05, 0) is 0 Å². The summed E-state index contributed by atoms with van der Waals surface area (Å²) in [7, 11) is 5.66. The smallest absolute Gasteiger partial charge is 0.150 e. The van der Waals surface area contributed by atoms with Crippen molar-refractivity contribution in [1.29, 1.82) is 0 Å². The Morgan fingerprint density at radius 3 is 2.55 bits per heavy atom. The van der Waals surface area contributed by atoms with Gasteiger partial charge in [-0.1, -0.05) is 0 Å². The number of aliphatic hydroxyl groups is 1. The van der Waals surface area contributed by atoms with E-state index in [0.29, 0.717) is 0 Å². The largest absolute Gasteiger partial charge is 0.390 e. The van der Waals surface area contributed by atoms with Crippen molar-refractivity contribution >= 4 is 5.82 Å². The third kappa shape index (κ3) is 1.51. The van der Waals surface area contributed by atoms with Crippen molar-refractivity contribution in [3.05, 3.63) is 11.8 Å². The summed E-state index contributed by atoms with van der Waals surface area (Å²) in [6.07, 6.45) is 0. The van der Waals surface area contributed by atoms with E-state index in [4.69, 9.17) is 5.11 Å². The van der Waals surface area contributed by atoms with Crippen molar-refractivity contribution in [1.82, 2.24) is 9.78 Å². The first-order valence-electron chi connectivity index (χ1n) is 3.46. The van der Waals surface area contributed by atoms with Crippen LogP contribution in [0, 0.1) is 0 Å². The molecule has 1 aromatic heterocycles. The Bertz CT molecular complexity index is 242. The minimum absolute atomic E-state index is 0.0390. The molecule has 0 radical (unpaired) electrons. The van der Waals surface area contributed by atoms with E-state index in [2.05, 4.69) is 5.10 Å². The van der Waals surface area contributed by atoms with Gasteiger partial charge in [-0.15, -0.1) is 0 Å². The topological polar surface area (TPSA) is 41.3 Å². The van der Waals surface area contributed by atoms with Crippen LogP contribution in [0.15, 0.2) is 6.07 Å². The first-order valence-corrected chi connectivity index (χ1v) is 3.46. The van der Waals surface area contributed by atoms with E-state index in [-0.39, 0.29) is 6.61 Å². The zero-order valence-electron chi connectivity index (χ0n) is 7.07. The summed E-state index contributed by atoms with van der Waals surface area (Å²) in [5, 5.41) is 13.0. The van der Waals surface area contributed by atoms with Crippen molar-refractivity contribution < 1.29 is 5.11 Å². The highest BCUT2D eigenvalue weighted by Crippen LogP contribution is 2.10. The molecule has 0 saturated carbocycles. The normalized spacial score (nSPS) is 10.2. The van der Waals surface area contributed by atoms with Gasteiger partial charge in [0.25, 0.3) is 0 Å². The zero-order chi connectivity index (χ0) is 8.43. The van der Waals surface area contributed by atoms with Gasteiger partial charge in [0.15, 0.2) is 0 Å². The SMILES string of the molecule is CN(C)c1cc(CO)n(C)n1. The summed E-state index contributed by atoms with van der Waals surface area (Å²) in [5.41, 5.74) is 0.828. The van der Waals surface area contributed by atoms with Crippen LogP contribution in [0.25, 0.3) is 0 Å². The summed E-state index contributed by atoms with van der Waals surface area (Å²) in [6, 6.07) is 1.86. The van der Waals surface area contributed by atoms with Gasteiger partial charge in [0, 0.05) is 27.2 Å². The molecule has 0 bridgehead atoms. The highest BCUT2D eigenvalue weighted by atomic mass is 16.3. The summed E-state index contributed by atoms with van der Waals surface area (Å²) in [5.74, 6) is 0.872. The third-order valence-electron chi connectivity index (χ3n) is 1.58. The molecule has 1 N–H and O–H groups in total. The number of aliphatic hydroxyl groups excluding tert-OH is 1. The lowest BCUT2D eigenvalue weighted by Crippen LogP contribution is -2.09. The molecule has 11 heavy (non-hydrogen) atoms. The average Bonchev–Trinajstić information content (AvgIpc) is 2.31. The number of hydrogen-bond donors (Lipinski definition) is 1. The van der Waals surface area contributed by atoms with Gasteiger partial charge in [0.2, 0.25) is 0 Å². The summed E-state index contributed by atoms with van der Waals surface area (Å²) in [6.45, 7) is 0.0390. The third-order valence-corrected chi connectivity index (χ3v) is 1.58. The summed E-state index contributed by atoms with van der Waals surface area (Å²) in [4.78, 5) is 1.90. The number of aryl methyl sites for hydroxylation is 1. The van der Waals surface area contributed by atoms with Crippen LogP contribution in [0.5, 0.6) is 0 Å². The second kappa shape index (κ2) is 2.92. The Morgan fingerprint density at radius 2 is 2.27 bits per heavy atom. The van der Waals surface area contributed by atoms with Gasteiger partial charge < -0.3 is 10.0 Å². The molecule has 1 rings (SSSR count). The average molecular weight is 155 g/mol. The lowest BCUT2D eigenvalue weighted by atomic mass is 10.4. The maximum Gasteiger partial charge on any atom is 0.150 e. The second-order valence-electron chi connectivity index (χ2n) is 2.67. The van der Waals surface area contributed by atoms with E-state index >= 15 is 0 Å². The van der Waals surface area contributed by atoms with Gasteiger partial charge in [0.1, 0.15) is 5.82 Å². The van der Waals surface area contributed by atoms with Gasteiger partial charge in [-0.2, -0.15) is 5.10 Å². The van der Waals surface area contributed by atoms with Crippen LogP contribution in [0.3, 0.4) is 0 Å². The molecular formula is C7H13N3O. The molecule has 1 heterocycles. The van der Waals surface area contributed by atoms with Crippen molar-refractivity contribution in [2.75, 3.05) is 19.0 Å². The highest BCUT2D eigenvalue weighted by Gasteiger charge is 2.03. The predicted octanol–water partition coefficient (Wildman–Crippen LogP) is -0.0216. The van der Waals surface area contributed by atoms with E-state index in [1.165, 1.54) is 0 Å². The number of aromatic nitrogens is 2. The molecule has 0 aliphatic heterocycles. The first kappa shape index (κ1) is 8.07. The Kier molecular flexibility index (Phi) is 2.14. The van der Waals surface area contributed by atoms with Crippen LogP contribution in [-0.2, 0) is 13.7 Å². The Balaban J connectivity index is 2.95. The van der Waals surface area contributed by atoms with Crippen LogP contribution < -0.4 is 4.90 Å². The number of nitrogens with zero attached hydrogens (tertiary/aromatic N) is 3. The Hall–Kier alpha value is -1.03. The van der Waals surface area contributed by atoms with Crippen LogP contribution in [0.2, 0.25) is 0 Å². The molecule has 0 aliphatic rings. The molecule has 0 unspecified atom stereocenters. The molecule has 4 nitrogen and oxygen atoms in total. The van der Waals surface area contributed by atoms with E-state index in [9.17, 15) is 0 Å². The van der Waals surface area contributed by atoms with E-state index < -0.39 is 0 Å². The number of anilines is 1. The molecule has 0 amide bonds. The maximum absolute atomic E-state index is 8.83. The molecule has 0 fully saturated rings. The van der Waals surface area contributed by atoms with Gasteiger partial charge in [-0.25, -0.2) is 0 Å². The lowest BCUT2D eigenvalue weighted by Gasteiger charge is -2.05. The van der Waals surface area contributed by atoms with Crippen molar-refractivity contribution in [3.8, 4) is 0 Å². The van der Waals surface area contributed by atoms with Gasteiger partial charge in [-0.3, -0.25) is 4.68 Å². The predicted molar refractivity (Wildman–Crippen MR) is 43.5 cm³/mol. The molecule has 1 aromatic rings. The minimum atomic E-state index is 0.0390. The first-order chi connectivity index (χ1) is 5.15. The highest BCUT2D eigenvalue weighted by molar-refractivity contribution is 5.37. The number of hydrogen-bond acceptors (Lipinski definition) is 3. The molecule has 0 saturated heterocycles.